The van der Waals surface area contributed by atoms with Gasteiger partial charge >= 0.3 is 5.97 Å². The maximum absolute atomic E-state index is 12.8. The average molecular weight is 480 g/mol. The number of aliphatic carboxylic acids is 1. The van der Waals surface area contributed by atoms with Gasteiger partial charge in [0.1, 0.15) is 24.2 Å². The van der Waals surface area contributed by atoms with Crippen LogP contribution in [0.2, 0.25) is 0 Å². The maximum atomic E-state index is 12.8. The minimum Gasteiger partial charge on any atom is -0.480 e. The number of nitrogens with two attached hydrogens (primary N) is 2. The van der Waals surface area contributed by atoms with Gasteiger partial charge in [0.15, 0.2) is 0 Å². The van der Waals surface area contributed by atoms with Crippen LogP contribution in [0.3, 0.4) is 0 Å². The minimum absolute atomic E-state index is 0.0267. The van der Waals surface area contributed by atoms with Gasteiger partial charge in [0.2, 0.25) is 23.6 Å². The number of nitrogens with one attached hydrogen (secondary N) is 3. The molecule has 0 bridgehead atoms. The molecule has 0 heterocycles. The summed E-state index contributed by atoms with van der Waals surface area (Å²) in [5.41, 5.74) is 11.5. The first-order valence-electron chi connectivity index (χ1n) is 10.7. The van der Waals surface area contributed by atoms with E-state index in [1.165, 1.54) is 6.92 Å². The second-order valence-electron chi connectivity index (χ2n) is 8.32. The fraction of sp³-hybridized carbons (Fsp3) is 0.500. The van der Waals surface area contributed by atoms with E-state index in [2.05, 4.69) is 16.0 Å². The summed E-state index contributed by atoms with van der Waals surface area (Å²) < 4.78 is 0. The van der Waals surface area contributed by atoms with Crippen molar-refractivity contribution in [3.8, 4) is 0 Å². The average Bonchev–Trinajstić information content (AvgIpc) is 2.75. The Kier molecular flexibility index (Phi) is 11.1. The lowest BCUT2D eigenvalue weighted by atomic mass is 10.0. The smallest absolute Gasteiger partial charge is 0.326 e. The minimum atomic E-state index is -1.48. The van der Waals surface area contributed by atoms with Crippen LogP contribution in [0.4, 0.5) is 0 Å². The van der Waals surface area contributed by atoms with Gasteiger partial charge in [-0.05, 0) is 18.4 Å². The molecule has 9 N–H and O–H groups in total. The number of rotatable bonds is 13. The summed E-state index contributed by atoms with van der Waals surface area (Å²) in [6, 6.07) is 3.34. The highest BCUT2D eigenvalue weighted by molar-refractivity contribution is 5.96. The molecule has 12 nitrogen and oxygen atoms in total. The van der Waals surface area contributed by atoms with E-state index < -0.39 is 72.2 Å². The zero-order valence-corrected chi connectivity index (χ0v) is 19.4. The quantitative estimate of drug-likeness (QED) is 0.168. The molecule has 188 valence electrons. The molecule has 4 amide bonds. The van der Waals surface area contributed by atoms with Crippen molar-refractivity contribution in [2.45, 2.75) is 63.9 Å². The van der Waals surface area contributed by atoms with E-state index in [0.717, 1.165) is 0 Å². The highest BCUT2D eigenvalue weighted by atomic mass is 16.4. The molecule has 0 aliphatic rings. The second kappa shape index (κ2) is 13.3. The number of hydrogen-bond donors (Lipinski definition) is 7. The molecule has 0 aliphatic carbocycles. The number of primary amides is 1. The molecule has 0 saturated heterocycles. The van der Waals surface area contributed by atoms with E-state index in [4.69, 9.17) is 11.5 Å². The van der Waals surface area contributed by atoms with Gasteiger partial charge in [-0.3, -0.25) is 19.2 Å². The van der Waals surface area contributed by atoms with Crippen LogP contribution in [-0.4, -0.2) is 70.1 Å². The maximum Gasteiger partial charge on any atom is 0.326 e. The lowest BCUT2D eigenvalue weighted by Gasteiger charge is -2.27. The first-order chi connectivity index (χ1) is 15.8. The van der Waals surface area contributed by atoms with Crippen LogP contribution in [0.15, 0.2) is 30.3 Å². The van der Waals surface area contributed by atoms with Gasteiger partial charge in [0.05, 0.1) is 12.5 Å². The molecule has 5 unspecified atom stereocenters. The summed E-state index contributed by atoms with van der Waals surface area (Å²) in [5.74, 6) is -5.18. The topological polar surface area (TPSA) is 214 Å². The number of carbonyl (C=O) groups is 5. The lowest BCUT2D eigenvalue weighted by Crippen LogP contribution is -2.60. The summed E-state index contributed by atoms with van der Waals surface area (Å²) in [5, 5.41) is 26.1. The van der Waals surface area contributed by atoms with Gasteiger partial charge in [-0.1, -0.05) is 44.2 Å². The number of carbonyl (C=O) groups excluding carboxylic acids is 4. The van der Waals surface area contributed by atoms with Crippen molar-refractivity contribution in [3.63, 3.8) is 0 Å². The van der Waals surface area contributed by atoms with Crippen LogP contribution in [0.1, 0.15) is 32.8 Å². The van der Waals surface area contributed by atoms with Crippen LogP contribution in [-0.2, 0) is 30.4 Å². The highest BCUT2D eigenvalue weighted by Gasteiger charge is 2.33. The molecule has 0 aliphatic heterocycles. The van der Waals surface area contributed by atoms with Crippen molar-refractivity contribution in [1.29, 1.82) is 0 Å². The summed E-state index contributed by atoms with van der Waals surface area (Å²) in [4.78, 5) is 61.0. The predicted molar refractivity (Wildman–Crippen MR) is 122 cm³/mol. The molecule has 34 heavy (non-hydrogen) atoms. The number of benzene rings is 1. The molecule has 0 aromatic heterocycles. The van der Waals surface area contributed by atoms with Crippen molar-refractivity contribution >= 4 is 29.6 Å². The first-order valence-corrected chi connectivity index (χ1v) is 10.7. The van der Waals surface area contributed by atoms with Crippen molar-refractivity contribution in [2.24, 2.45) is 17.4 Å². The monoisotopic (exact) mass is 479 g/mol. The SMILES string of the molecule is CC(C)C(NC(=O)C(N)C(C)O)C(=O)NC(CC(N)=O)C(=O)NC(Cc1ccccc1)C(=O)O. The van der Waals surface area contributed by atoms with Crippen LogP contribution >= 0.6 is 0 Å². The molecule has 1 aromatic rings. The van der Waals surface area contributed by atoms with E-state index in [1.807, 2.05) is 0 Å². The number of hydrogen-bond acceptors (Lipinski definition) is 7. The number of carboxylic acid groups (broad SMARTS) is 1. The Morgan fingerprint density at radius 1 is 0.882 bits per heavy atom. The van der Waals surface area contributed by atoms with E-state index in [0.29, 0.717) is 5.56 Å². The Balaban J connectivity index is 2.99. The van der Waals surface area contributed by atoms with E-state index >= 15 is 0 Å². The fourth-order valence-corrected chi connectivity index (χ4v) is 3.00. The third-order valence-electron chi connectivity index (χ3n) is 5.00. The van der Waals surface area contributed by atoms with Crippen LogP contribution in [0.5, 0.6) is 0 Å². The number of aliphatic hydroxyl groups is 1. The van der Waals surface area contributed by atoms with Gasteiger partial charge in [-0.15, -0.1) is 0 Å². The van der Waals surface area contributed by atoms with Crippen molar-refractivity contribution < 1.29 is 34.2 Å². The zero-order valence-electron chi connectivity index (χ0n) is 19.4. The first kappa shape index (κ1) is 28.5. The number of aliphatic hydroxyl groups excluding tert-OH is 1. The summed E-state index contributed by atoms with van der Waals surface area (Å²) >= 11 is 0. The molecule has 0 radical (unpaired) electrons. The molecule has 5 atom stereocenters. The van der Waals surface area contributed by atoms with Crippen molar-refractivity contribution in [3.05, 3.63) is 35.9 Å². The largest absolute Gasteiger partial charge is 0.480 e. The number of carboxylic acids is 1. The Morgan fingerprint density at radius 2 is 1.44 bits per heavy atom. The zero-order chi connectivity index (χ0) is 26.0. The Hall–Kier alpha value is -3.51. The van der Waals surface area contributed by atoms with Gasteiger partial charge < -0.3 is 37.6 Å². The van der Waals surface area contributed by atoms with E-state index in [-0.39, 0.29) is 6.42 Å². The molecule has 0 saturated carbocycles. The van der Waals surface area contributed by atoms with Gasteiger partial charge in [0.25, 0.3) is 0 Å². The standard InChI is InChI=1S/C22H33N5O7/c1-11(2)18(27-20(31)17(24)12(3)28)21(32)25-14(10-16(23)29)19(30)26-15(22(33)34)9-13-7-5-4-6-8-13/h4-8,11-12,14-15,17-18,28H,9-10,24H2,1-3H3,(H2,23,29)(H,25,32)(H,26,30)(H,27,31)(H,33,34). The van der Waals surface area contributed by atoms with Gasteiger partial charge in [-0.25, -0.2) is 4.79 Å². The van der Waals surface area contributed by atoms with Crippen LogP contribution in [0.25, 0.3) is 0 Å². The highest BCUT2D eigenvalue weighted by Crippen LogP contribution is 2.07. The van der Waals surface area contributed by atoms with E-state index in [1.54, 1.807) is 44.2 Å². The Morgan fingerprint density at radius 3 is 1.91 bits per heavy atom. The molecule has 1 rings (SSSR count). The Labute approximate surface area is 197 Å². The summed E-state index contributed by atoms with van der Waals surface area (Å²) in [6.07, 6.45) is -1.79. The molecule has 0 spiro atoms. The van der Waals surface area contributed by atoms with Crippen molar-refractivity contribution in [1.82, 2.24) is 16.0 Å². The molecular weight excluding hydrogens is 446 g/mol. The predicted octanol–water partition coefficient (Wildman–Crippen LogP) is -1.99. The van der Waals surface area contributed by atoms with E-state index in [9.17, 15) is 34.2 Å². The molecular formula is C22H33N5O7. The molecule has 1 aromatic carbocycles. The van der Waals surface area contributed by atoms with Gasteiger partial charge in [0, 0.05) is 6.42 Å². The van der Waals surface area contributed by atoms with Gasteiger partial charge in [-0.2, -0.15) is 0 Å². The third-order valence-corrected chi connectivity index (χ3v) is 5.00. The van der Waals surface area contributed by atoms with Crippen LogP contribution < -0.4 is 27.4 Å². The Bertz CT molecular complexity index is 876. The summed E-state index contributed by atoms with van der Waals surface area (Å²) in [6.45, 7) is 4.57. The third kappa shape index (κ3) is 9.16. The normalized spacial score (nSPS) is 15.4. The second-order valence-corrected chi connectivity index (χ2v) is 8.32. The number of amides is 4. The van der Waals surface area contributed by atoms with Crippen molar-refractivity contribution in [2.75, 3.05) is 0 Å². The molecule has 0 fully saturated rings. The fourth-order valence-electron chi connectivity index (χ4n) is 3.00. The molecule has 12 heteroatoms. The summed E-state index contributed by atoms with van der Waals surface area (Å²) in [7, 11) is 0. The lowest BCUT2D eigenvalue weighted by molar-refractivity contribution is -0.142. The van der Waals surface area contributed by atoms with Crippen LogP contribution in [0, 0.1) is 5.92 Å².